The molecule has 1 amide bonds. The molecule has 0 saturated heterocycles. The van der Waals surface area contributed by atoms with Crippen LogP contribution < -0.4 is 5.32 Å². The minimum atomic E-state index is -0.169. The Morgan fingerprint density at radius 2 is 1.78 bits per heavy atom. The number of amides is 1. The summed E-state index contributed by atoms with van der Waals surface area (Å²) in [6, 6.07) is 10.2. The predicted molar refractivity (Wildman–Crippen MR) is 91.4 cm³/mol. The van der Waals surface area contributed by atoms with Gasteiger partial charge in [-0.2, -0.15) is 0 Å². The average Bonchev–Trinajstić information content (AvgIpc) is 2.47. The van der Waals surface area contributed by atoms with Crippen LogP contribution in [0.5, 0.6) is 0 Å². The Morgan fingerprint density at radius 3 is 2.35 bits per heavy atom. The van der Waals surface area contributed by atoms with Crippen molar-refractivity contribution < 1.29 is 4.79 Å². The predicted octanol–water partition coefficient (Wildman–Crippen LogP) is 2.43. The zero-order valence-corrected chi connectivity index (χ0v) is 14.4. The van der Waals surface area contributed by atoms with Crippen molar-refractivity contribution in [1.29, 1.82) is 0 Å². The summed E-state index contributed by atoms with van der Waals surface area (Å²) in [5.74, 6) is 0.440. The SMILES string of the molecule is Cc1ccc([C@@H](CNC(=O)c2cc(C)nc(C)n2)N(C)C)cc1. The van der Waals surface area contributed by atoms with E-state index in [1.165, 1.54) is 11.1 Å². The lowest BCUT2D eigenvalue weighted by atomic mass is 10.0. The van der Waals surface area contributed by atoms with E-state index >= 15 is 0 Å². The number of carbonyl (C=O) groups excluding carboxylic acids is 1. The Morgan fingerprint density at radius 1 is 1.13 bits per heavy atom. The lowest BCUT2D eigenvalue weighted by Gasteiger charge is -2.25. The van der Waals surface area contributed by atoms with Crippen molar-refractivity contribution in [3.05, 3.63) is 58.7 Å². The van der Waals surface area contributed by atoms with Crippen LogP contribution in [0.25, 0.3) is 0 Å². The fourth-order valence-electron chi connectivity index (χ4n) is 2.50. The van der Waals surface area contributed by atoms with E-state index in [1.807, 2.05) is 21.0 Å². The fraction of sp³-hybridized carbons (Fsp3) is 0.389. The Kier molecular flexibility index (Phi) is 5.45. The number of carbonyl (C=O) groups is 1. The summed E-state index contributed by atoms with van der Waals surface area (Å²) in [6.45, 7) is 6.24. The van der Waals surface area contributed by atoms with E-state index in [9.17, 15) is 4.79 Å². The molecule has 23 heavy (non-hydrogen) atoms. The molecule has 1 atom stereocenters. The number of nitrogens with zero attached hydrogens (tertiary/aromatic N) is 3. The standard InChI is InChI=1S/C18H24N4O/c1-12-6-8-15(9-7-12)17(22(4)5)11-19-18(23)16-10-13(2)20-14(3)21-16/h6-10,17H,11H2,1-5H3,(H,19,23)/t17-/m1/s1. The van der Waals surface area contributed by atoms with E-state index in [4.69, 9.17) is 0 Å². The van der Waals surface area contributed by atoms with Gasteiger partial charge in [0.15, 0.2) is 0 Å². The summed E-state index contributed by atoms with van der Waals surface area (Å²) in [5, 5.41) is 2.98. The van der Waals surface area contributed by atoms with Gasteiger partial charge in [0.1, 0.15) is 11.5 Å². The van der Waals surface area contributed by atoms with Gasteiger partial charge in [-0.25, -0.2) is 9.97 Å². The van der Waals surface area contributed by atoms with E-state index in [0.29, 0.717) is 18.1 Å². The van der Waals surface area contributed by atoms with Crippen LogP contribution in [0.1, 0.15) is 39.2 Å². The molecule has 0 bridgehead atoms. The fourth-order valence-corrected chi connectivity index (χ4v) is 2.50. The number of rotatable bonds is 5. The molecule has 5 heteroatoms. The Bertz CT molecular complexity index is 660. The zero-order chi connectivity index (χ0) is 17.0. The second-order valence-electron chi connectivity index (χ2n) is 6.04. The van der Waals surface area contributed by atoms with Crippen LogP contribution in [0.15, 0.2) is 30.3 Å². The lowest BCUT2D eigenvalue weighted by molar-refractivity contribution is 0.0936. The van der Waals surface area contributed by atoms with Gasteiger partial charge in [0, 0.05) is 12.2 Å². The molecule has 1 aromatic carbocycles. The first-order chi connectivity index (χ1) is 10.9. The van der Waals surface area contributed by atoms with Crippen LogP contribution in [-0.2, 0) is 0 Å². The lowest BCUT2D eigenvalue weighted by Crippen LogP contribution is -2.35. The van der Waals surface area contributed by atoms with Gasteiger partial charge >= 0.3 is 0 Å². The molecule has 0 saturated carbocycles. The minimum absolute atomic E-state index is 0.114. The van der Waals surface area contributed by atoms with Crippen LogP contribution in [-0.4, -0.2) is 41.4 Å². The number of aryl methyl sites for hydroxylation is 3. The molecular weight excluding hydrogens is 288 g/mol. The molecule has 2 rings (SSSR count). The van der Waals surface area contributed by atoms with Crippen molar-refractivity contribution in [2.75, 3.05) is 20.6 Å². The van der Waals surface area contributed by atoms with E-state index < -0.39 is 0 Å². The van der Waals surface area contributed by atoms with Gasteiger partial charge in [0.2, 0.25) is 0 Å². The van der Waals surface area contributed by atoms with E-state index in [2.05, 4.69) is 51.4 Å². The number of hydrogen-bond acceptors (Lipinski definition) is 4. The maximum atomic E-state index is 12.3. The summed E-state index contributed by atoms with van der Waals surface area (Å²) in [6.07, 6.45) is 0. The van der Waals surface area contributed by atoms with Gasteiger partial charge in [0.05, 0.1) is 6.04 Å². The average molecular weight is 312 g/mol. The highest BCUT2D eigenvalue weighted by Gasteiger charge is 2.16. The van der Waals surface area contributed by atoms with Crippen LogP contribution in [0, 0.1) is 20.8 Å². The van der Waals surface area contributed by atoms with Crippen molar-refractivity contribution >= 4 is 5.91 Å². The second kappa shape index (κ2) is 7.33. The molecule has 0 aliphatic carbocycles. The molecule has 5 nitrogen and oxygen atoms in total. The summed E-state index contributed by atoms with van der Waals surface area (Å²) in [7, 11) is 4.02. The Labute approximate surface area is 137 Å². The molecule has 0 unspecified atom stereocenters. The smallest absolute Gasteiger partial charge is 0.270 e. The molecule has 0 aliphatic heterocycles. The molecule has 2 aromatic rings. The largest absolute Gasteiger partial charge is 0.349 e. The molecular formula is C18H24N4O. The van der Waals surface area contributed by atoms with Gasteiger partial charge in [0.25, 0.3) is 5.91 Å². The number of benzene rings is 1. The third-order valence-corrected chi connectivity index (χ3v) is 3.74. The van der Waals surface area contributed by atoms with Gasteiger partial charge < -0.3 is 10.2 Å². The first kappa shape index (κ1) is 17.1. The Hall–Kier alpha value is -2.27. The van der Waals surface area contributed by atoms with Crippen molar-refractivity contribution in [3.63, 3.8) is 0 Å². The quantitative estimate of drug-likeness (QED) is 0.921. The Balaban J connectivity index is 2.09. The highest BCUT2D eigenvalue weighted by Crippen LogP contribution is 2.18. The maximum Gasteiger partial charge on any atom is 0.270 e. The molecule has 1 heterocycles. The van der Waals surface area contributed by atoms with Crippen molar-refractivity contribution in [3.8, 4) is 0 Å². The second-order valence-corrected chi connectivity index (χ2v) is 6.04. The molecule has 122 valence electrons. The van der Waals surface area contributed by atoms with Crippen molar-refractivity contribution in [2.45, 2.75) is 26.8 Å². The van der Waals surface area contributed by atoms with Crippen molar-refractivity contribution in [1.82, 2.24) is 20.2 Å². The van der Waals surface area contributed by atoms with E-state index in [-0.39, 0.29) is 11.9 Å². The first-order valence-electron chi connectivity index (χ1n) is 7.70. The molecule has 0 spiro atoms. The summed E-state index contributed by atoms with van der Waals surface area (Å²) in [5.41, 5.74) is 3.61. The highest BCUT2D eigenvalue weighted by molar-refractivity contribution is 5.92. The highest BCUT2D eigenvalue weighted by atomic mass is 16.1. The van der Waals surface area contributed by atoms with E-state index in [1.54, 1.807) is 13.0 Å². The van der Waals surface area contributed by atoms with Gasteiger partial charge in [-0.1, -0.05) is 29.8 Å². The monoisotopic (exact) mass is 312 g/mol. The van der Waals surface area contributed by atoms with Crippen LogP contribution in [0.4, 0.5) is 0 Å². The first-order valence-corrected chi connectivity index (χ1v) is 7.70. The minimum Gasteiger partial charge on any atom is -0.349 e. The molecule has 1 N–H and O–H groups in total. The van der Waals surface area contributed by atoms with E-state index in [0.717, 1.165) is 5.69 Å². The number of hydrogen-bond donors (Lipinski definition) is 1. The molecule has 1 aromatic heterocycles. The van der Waals surface area contributed by atoms with Crippen LogP contribution in [0.3, 0.4) is 0 Å². The third kappa shape index (κ3) is 4.60. The summed E-state index contributed by atoms with van der Waals surface area (Å²) >= 11 is 0. The number of likely N-dealkylation sites (N-methyl/N-ethyl adjacent to an activating group) is 1. The van der Waals surface area contributed by atoms with Gasteiger partial charge in [-0.05, 0) is 46.5 Å². The maximum absolute atomic E-state index is 12.3. The zero-order valence-electron chi connectivity index (χ0n) is 14.4. The van der Waals surface area contributed by atoms with Crippen molar-refractivity contribution in [2.24, 2.45) is 0 Å². The van der Waals surface area contributed by atoms with Crippen LogP contribution >= 0.6 is 0 Å². The molecule has 0 fully saturated rings. The van der Waals surface area contributed by atoms with Gasteiger partial charge in [-0.3, -0.25) is 4.79 Å². The number of nitrogens with one attached hydrogen (secondary N) is 1. The third-order valence-electron chi connectivity index (χ3n) is 3.74. The van der Waals surface area contributed by atoms with Crippen LogP contribution in [0.2, 0.25) is 0 Å². The summed E-state index contributed by atoms with van der Waals surface area (Å²) < 4.78 is 0. The molecule has 0 aliphatic rings. The molecule has 0 radical (unpaired) electrons. The summed E-state index contributed by atoms with van der Waals surface area (Å²) in [4.78, 5) is 22.8. The van der Waals surface area contributed by atoms with Gasteiger partial charge in [-0.15, -0.1) is 0 Å². The normalized spacial score (nSPS) is 12.3. The number of aromatic nitrogens is 2. The topological polar surface area (TPSA) is 58.1 Å².